The maximum atomic E-state index is 12.7. The molecule has 166 valence electrons. The number of carbonyl (C=O) groups excluding carboxylic acids is 1. The number of rotatable bonds is 8. The number of benzene rings is 2. The number of halogens is 3. The first-order chi connectivity index (χ1) is 14.6. The Bertz CT molecular complexity index is 1200. The Morgan fingerprint density at radius 3 is 2.68 bits per heavy atom. The Morgan fingerprint density at radius 2 is 1.97 bits per heavy atom. The molecule has 0 aliphatic rings. The summed E-state index contributed by atoms with van der Waals surface area (Å²) in [5.74, 6) is -0.839. The number of ether oxygens (including phenoxy) is 1. The van der Waals surface area contributed by atoms with Gasteiger partial charge in [0.25, 0.3) is 15.2 Å². The second-order valence-corrected chi connectivity index (χ2v) is 8.70. The third-order valence-electron chi connectivity index (χ3n) is 3.81. The third kappa shape index (κ3) is 6.04. The Kier molecular flexibility index (Phi) is 6.65. The summed E-state index contributed by atoms with van der Waals surface area (Å²) in [5, 5.41) is 1.75. The maximum Gasteiger partial charge on any atom is 0.405 e. The number of amides is 1. The van der Waals surface area contributed by atoms with E-state index in [2.05, 4.69) is 9.71 Å². The highest BCUT2D eigenvalue weighted by Gasteiger charge is 2.27. The Labute approximate surface area is 179 Å². The monoisotopic (exact) mass is 475 g/mol. The van der Waals surface area contributed by atoms with Gasteiger partial charge < -0.3 is 14.5 Å². The predicted octanol–water partition coefficient (Wildman–Crippen LogP) is 3.41. The summed E-state index contributed by atoms with van der Waals surface area (Å²) in [5.41, 5.74) is 0.724. The van der Waals surface area contributed by atoms with Crippen molar-refractivity contribution >= 4 is 44.5 Å². The molecule has 2 aromatic carbocycles. The number of nitrogens with zero attached hydrogens (tertiary/aromatic N) is 1. The van der Waals surface area contributed by atoms with Gasteiger partial charge in [-0.25, -0.2) is 13.4 Å². The number of nitrogens with one attached hydrogen (secondary N) is 2. The molecule has 0 bridgehead atoms. The smallest absolute Gasteiger partial charge is 0.405 e. The zero-order chi connectivity index (χ0) is 22.6. The van der Waals surface area contributed by atoms with Crippen molar-refractivity contribution in [1.29, 1.82) is 0 Å². The van der Waals surface area contributed by atoms with Gasteiger partial charge in [0.1, 0.15) is 17.8 Å². The van der Waals surface area contributed by atoms with Crippen molar-refractivity contribution in [2.45, 2.75) is 16.3 Å². The molecule has 2 N–H and O–H groups in total. The van der Waals surface area contributed by atoms with E-state index < -0.39 is 28.7 Å². The molecule has 0 aliphatic carbocycles. The Balaban J connectivity index is 1.72. The molecule has 0 spiro atoms. The molecule has 8 nitrogen and oxygen atoms in total. The van der Waals surface area contributed by atoms with Crippen LogP contribution in [0.3, 0.4) is 0 Å². The van der Waals surface area contributed by atoms with Crippen LogP contribution in [0.5, 0.6) is 5.75 Å². The van der Waals surface area contributed by atoms with E-state index in [9.17, 15) is 26.4 Å². The summed E-state index contributed by atoms with van der Waals surface area (Å²) in [6.45, 7) is -1.43. The molecule has 0 aliphatic heterocycles. The van der Waals surface area contributed by atoms with Crippen molar-refractivity contribution in [3.63, 3.8) is 0 Å². The molecule has 1 heterocycles. The van der Waals surface area contributed by atoms with E-state index in [0.717, 1.165) is 11.8 Å². The Hall–Kier alpha value is -2.93. The van der Waals surface area contributed by atoms with Crippen LogP contribution < -0.4 is 14.8 Å². The topological polar surface area (TPSA) is 111 Å². The number of methoxy groups -OCH3 is 1. The van der Waals surface area contributed by atoms with Crippen molar-refractivity contribution in [2.24, 2.45) is 0 Å². The zero-order valence-corrected chi connectivity index (χ0v) is 17.5. The molecule has 0 saturated carbocycles. The van der Waals surface area contributed by atoms with Crippen LogP contribution in [0.25, 0.3) is 11.1 Å². The fraction of sp³-hybridized carbons (Fsp3) is 0.222. The summed E-state index contributed by atoms with van der Waals surface area (Å²) >= 11 is 0.787. The molecule has 0 atom stereocenters. The van der Waals surface area contributed by atoms with E-state index >= 15 is 0 Å². The van der Waals surface area contributed by atoms with Gasteiger partial charge in [-0.15, -0.1) is 0 Å². The van der Waals surface area contributed by atoms with Gasteiger partial charge in [0.15, 0.2) is 5.58 Å². The number of anilines is 1. The van der Waals surface area contributed by atoms with Crippen LogP contribution in [0, 0.1) is 0 Å². The van der Waals surface area contributed by atoms with Gasteiger partial charge in [-0.3, -0.25) is 9.52 Å². The van der Waals surface area contributed by atoms with Crippen LogP contribution in [0.4, 0.5) is 18.9 Å². The summed E-state index contributed by atoms with van der Waals surface area (Å²) in [6.07, 6.45) is -4.50. The molecule has 0 radical (unpaired) electrons. The van der Waals surface area contributed by atoms with Gasteiger partial charge >= 0.3 is 6.18 Å². The van der Waals surface area contributed by atoms with E-state index in [1.165, 1.54) is 25.3 Å². The summed E-state index contributed by atoms with van der Waals surface area (Å²) in [7, 11) is -2.55. The first kappa shape index (κ1) is 22.7. The molecule has 1 aromatic heterocycles. The van der Waals surface area contributed by atoms with E-state index in [1.54, 1.807) is 29.6 Å². The predicted molar refractivity (Wildman–Crippen MR) is 108 cm³/mol. The highest BCUT2D eigenvalue weighted by molar-refractivity contribution is 7.99. The standard InChI is InChI=1S/C18H16F3N3O5S2/c1-28-14-5-3-2-4-12(14)24-31(26,27)11-6-7-15-13(8-11)23-17(29-15)30-9-16(25)22-10-18(19,20)21/h2-8,24H,9-10H2,1H3,(H,22,25). The van der Waals surface area contributed by atoms with Crippen LogP contribution in [0.15, 0.2) is 57.0 Å². The lowest BCUT2D eigenvalue weighted by Crippen LogP contribution is -2.34. The van der Waals surface area contributed by atoms with E-state index in [4.69, 9.17) is 9.15 Å². The van der Waals surface area contributed by atoms with Crippen LogP contribution in [-0.2, 0) is 14.8 Å². The first-order valence-corrected chi connectivity index (χ1v) is 11.1. The van der Waals surface area contributed by atoms with Crippen molar-refractivity contribution < 1.29 is 35.5 Å². The van der Waals surface area contributed by atoms with Gasteiger partial charge in [-0.05, 0) is 30.3 Å². The molecular formula is C18H16F3N3O5S2. The normalized spacial score (nSPS) is 12.0. The van der Waals surface area contributed by atoms with Crippen molar-refractivity contribution in [2.75, 3.05) is 24.1 Å². The van der Waals surface area contributed by atoms with Crippen molar-refractivity contribution in [3.05, 3.63) is 42.5 Å². The van der Waals surface area contributed by atoms with E-state index in [-0.39, 0.29) is 32.7 Å². The number of hydrogen-bond acceptors (Lipinski definition) is 7. The fourth-order valence-electron chi connectivity index (χ4n) is 2.42. The second kappa shape index (κ2) is 9.06. The van der Waals surface area contributed by atoms with Gasteiger partial charge in [0, 0.05) is 0 Å². The molecule has 13 heteroatoms. The largest absolute Gasteiger partial charge is 0.495 e. The molecule has 31 heavy (non-hydrogen) atoms. The fourth-order valence-corrected chi connectivity index (χ4v) is 4.18. The number of hydrogen-bond donors (Lipinski definition) is 2. The van der Waals surface area contributed by atoms with Crippen LogP contribution in [0.1, 0.15) is 0 Å². The van der Waals surface area contributed by atoms with Crippen LogP contribution in [0.2, 0.25) is 0 Å². The number of sulfonamides is 1. The molecule has 0 fully saturated rings. The van der Waals surface area contributed by atoms with E-state index in [0.29, 0.717) is 5.75 Å². The highest BCUT2D eigenvalue weighted by atomic mass is 32.2. The minimum absolute atomic E-state index is 0.0180. The number of fused-ring (bicyclic) bond motifs is 1. The van der Waals surface area contributed by atoms with E-state index in [1.807, 2.05) is 0 Å². The van der Waals surface area contributed by atoms with Crippen LogP contribution >= 0.6 is 11.8 Å². The molecule has 1 amide bonds. The van der Waals surface area contributed by atoms with Gasteiger partial charge in [0.05, 0.1) is 23.4 Å². The summed E-state index contributed by atoms with van der Waals surface area (Å²) in [4.78, 5) is 15.5. The van der Waals surface area contributed by atoms with Gasteiger partial charge in [0.2, 0.25) is 5.91 Å². The minimum atomic E-state index is -4.50. The molecular weight excluding hydrogens is 459 g/mol. The molecule has 3 aromatic rings. The van der Waals surface area contributed by atoms with Gasteiger partial charge in [-0.2, -0.15) is 13.2 Å². The lowest BCUT2D eigenvalue weighted by atomic mass is 10.3. The van der Waals surface area contributed by atoms with Crippen molar-refractivity contribution in [3.8, 4) is 5.75 Å². The maximum absolute atomic E-state index is 12.7. The lowest BCUT2D eigenvalue weighted by Gasteiger charge is -2.11. The number of para-hydroxylation sites is 2. The second-order valence-electron chi connectivity index (χ2n) is 6.10. The minimum Gasteiger partial charge on any atom is -0.495 e. The first-order valence-electron chi connectivity index (χ1n) is 8.60. The summed E-state index contributed by atoms with van der Waals surface area (Å²) < 4.78 is 74.7. The Morgan fingerprint density at radius 1 is 1.23 bits per heavy atom. The SMILES string of the molecule is COc1ccccc1NS(=O)(=O)c1ccc2oc(SCC(=O)NCC(F)(F)F)nc2c1. The highest BCUT2D eigenvalue weighted by Crippen LogP contribution is 2.29. The number of alkyl halides is 3. The molecule has 3 rings (SSSR count). The van der Waals surface area contributed by atoms with Crippen molar-refractivity contribution in [1.82, 2.24) is 10.3 Å². The van der Waals surface area contributed by atoms with Gasteiger partial charge in [-0.1, -0.05) is 23.9 Å². The molecule has 0 unspecified atom stereocenters. The third-order valence-corrected chi connectivity index (χ3v) is 6.01. The zero-order valence-electron chi connectivity index (χ0n) is 15.9. The number of oxazole rings is 1. The van der Waals surface area contributed by atoms with Crippen LogP contribution in [-0.4, -0.2) is 44.9 Å². The number of thioether (sulfide) groups is 1. The molecule has 0 saturated heterocycles. The lowest BCUT2D eigenvalue weighted by molar-refractivity contribution is -0.136. The number of carbonyl (C=O) groups is 1. The summed E-state index contributed by atoms with van der Waals surface area (Å²) in [6, 6.07) is 10.5. The number of aromatic nitrogens is 1. The average molecular weight is 475 g/mol. The average Bonchev–Trinajstić information content (AvgIpc) is 3.12. The quantitative estimate of drug-likeness (QED) is 0.481.